The van der Waals surface area contributed by atoms with Crippen LogP contribution in [0.5, 0.6) is 5.75 Å². The number of benzene rings is 2. The van der Waals surface area contributed by atoms with Crippen molar-refractivity contribution in [3.63, 3.8) is 0 Å². The fourth-order valence-electron chi connectivity index (χ4n) is 1.59. The van der Waals surface area contributed by atoms with E-state index in [1.165, 1.54) is 36.5 Å². The third-order valence-electron chi connectivity index (χ3n) is 2.67. The van der Waals surface area contributed by atoms with Crippen molar-refractivity contribution in [2.75, 3.05) is 0 Å². The number of non-ortho nitro benzene ring substituents is 1. The first-order valence-corrected chi connectivity index (χ1v) is 7.11. The normalized spacial score (nSPS) is 10.6. The Labute approximate surface area is 139 Å². The van der Waals surface area contributed by atoms with Gasteiger partial charge < -0.3 is 5.11 Å². The minimum absolute atomic E-state index is 0.145. The minimum Gasteiger partial charge on any atom is -0.507 e. The van der Waals surface area contributed by atoms with Crippen molar-refractivity contribution in [3.8, 4) is 5.75 Å². The molecule has 0 aromatic heterocycles. The van der Waals surface area contributed by atoms with E-state index in [0.717, 1.165) is 0 Å². The van der Waals surface area contributed by atoms with E-state index < -0.39 is 10.8 Å². The van der Waals surface area contributed by atoms with Crippen molar-refractivity contribution in [2.45, 2.75) is 0 Å². The SMILES string of the molecule is O=C(NN=Cc1ccc(O)c(I)c1)c1cccc([N+](=O)[O-])c1. The molecule has 0 heterocycles. The first kappa shape index (κ1) is 15.9. The van der Waals surface area contributed by atoms with Crippen LogP contribution < -0.4 is 5.43 Å². The van der Waals surface area contributed by atoms with E-state index in [1.54, 1.807) is 12.1 Å². The van der Waals surface area contributed by atoms with Crippen LogP contribution in [0.2, 0.25) is 0 Å². The number of phenols is 1. The lowest BCUT2D eigenvalue weighted by molar-refractivity contribution is -0.384. The highest BCUT2D eigenvalue weighted by Crippen LogP contribution is 2.19. The Balaban J connectivity index is 2.06. The van der Waals surface area contributed by atoms with Crippen molar-refractivity contribution >= 4 is 40.4 Å². The second kappa shape index (κ2) is 6.98. The smallest absolute Gasteiger partial charge is 0.271 e. The van der Waals surface area contributed by atoms with Crippen molar-refractivity contribution < 1.29 is 14.8 Å². The Morgan fingerprint density at radius 2 is 2.09 bits per heavy atom. The molecule has 0 radical (unpaired) electrons. The van der Waals surface area contributed by atoms with Gasteiger partial charge in [0.1, 0.15) is 5.75 Å². The van der Waals surface area contributed by atoms with Gasteiger partial charge in [0.2, 0.25) is 0 Å². The molecule has 0 aliphatic heterocycles. The molecule has 22 heavy (non-hydrogen) atoms. The van der Waals surface area contributed by atoms with Gasteiger partial charge >= 0.3 is 0 Å². The summed E-state index contributed by atoms with van der Waals surface area (Å²) in [5, 5.41) is 23.8. The Hall–Kier alpha value is -2.49. The minimum atomic E-state index is -0.571. The summed E-state index contributed by atoms with van der Waals surface area (Å²) in [5.41, 5.74) is 2.97. The quantitative estimate of drug-likeness (QED) is 0.349. The molecule has 7 nitrogen and oxygen atoms in total. The maximum absolute atomic E-state index is 11.8. The summed E-state index contributed by atoms with van der Waals surface area (Å²) in [7, 11) is 0. The molecule has 0 saturated carbocycles. The number of rotatable bonds is 4. The number of halogens is 1. The van der Waals surface area contributed by atoms with Gasteiger partial charge in [0.05, 0.1) is 14.7 Å². The zero-order chi connectivity index (χ0) is 16.1. The van der Waals surface area contributed by atoms with Crippen LogP contribution in [-0.4, -0.2) is 22.2 Å². The Morgan fingerprint density at radius 1 is 1.32 bits per heavy atom. The van der Waals surface area contributed by atoms with Gasteiger partial charge in [-0.2, -0.15) is 5.10 Å². The van der Waals surface area contributed by atoms with Crippen molar-refractivity contribution in [3.05, 3.63) is 67.3 Å². The molecule has 0 atom stereocenters. The fraction of sp³-hybridized carbons (Fsp3) is 0. The lowest BCUT2D eigenvalue weighted by atomic mass is 10.2. The first-order chi connectivity index (χ1) is 10.5. The van der Waals surface area contributed by atoms with Crippen LogP contribution >= 0.6 is 22.6 Å². The van der Waals surface area contributed by atoms with Gasteiger partial charge in [-0.1, -0.05) is 6.07 Å². The lowest BCUT2D eigenvalue weighted by Crippen LogP contribution is -2.17. The van der Waals surface area contributed by atoms with Crippen LogP contribution in [-0.2, 0) is 0 Å². The van der Waals surface area contributed by atoms with E-state index in [9.17, 15) is 20.0 Å². The molecule has 1 amide bonds. The van der Waals surface area contributed by atoms with E-state index in [1.807, 2.05) is 22.6 Å². The summed E-state index contributed by atoms with van der Waals surface area (Å²) < 4.78 is 0.659. The number of carbonyl (C=O) groups excluding carboxylic acids is 1. The fourth-order valence-corrected chi connectivity index (χ4v) is 2.13. The monoisotopic (exact) mass is 411 g/mol. The highest BCUT2D eigenvalue weighted by Gasteiger charge is 2.10. The largest absolute Gasteiger partial charge is 0.507 e. The molecular weight excluding hydrogens is 401 g/mol. The summed E-state index contributed by atoms with van der Waals surface area (Å²) in [6.45, 7) is 0. The standard InChI is InChI=1S/C14H10IN3O4/c15-12-6-9(4-5-13(12)19)8-16-17-14(20)10-2-1-3-11(7-10)18(21)22/h1-8,19H,(H,17,20). The molecule has 0 aliphatic carbocycles. The Kier molecular flexibility index (Phi) is 5.04. The lowest BCUT2D eigenvalue weighted by Gasteiger charge is -2.00. The number of nitro groups is 1. The average Bonchev–Trinajstić information content (AvgIpc) is 2.51. The topological polar surface area (TPSA) is 105 Å². The number of carbonyl (C=O) groups is 1. The number of hydrogen-bond donors (Lipinski definition) is 2. The second-order valence-corrected chi connectivity index (χ2v) is 5.38. The van der Waals surface area contributed by atoms with Gasteiger partial charge in [0.25, 0.3) is 11.6 Å². The van der Waals surface area contributed by atoms with Crippen molar-refractivity contribution in [1.29, 1.82) is 0 Å². The number of phenolic OH excluding ortho intramolecular Hbond substituents is 1. The number of hydrogen-bond acceptors (Lipinski definition) is 5. The van der Waals surface area contributed by atoms with Crippen LogP contribution in [0.3, 0.4) is 0 Å². The summed E-state index contributed by atoms with van der Waals surface area (Å²) in [6.07, 6.45) is 1.41. The van der Waals surface area contributed by atoms with Crippen LogP contribution in [0.15, 0.2) is 47.6 Å². The molecule has 2 aromatic carbocycles. The maximum Gasteiger partial charge on any atom is 0.271 e. The predicted molar refractivity (Wildman–Crippen MR) is 89.0 cm³/mol. The van der Waals surface area contributed by atoms with Crippen molar-refractivity contribution in [1.82, 2.24) is 5.43 Å². The molecule has 0 spiro atoms. The molecule has 0 fully saturated rings. The maximum atomic E-state index is 11.8. The third kappa shape index (κ3) is 4.01. The number of nitro benzene ring substituents is 1. The highest BCUT2D eigenvalue weighted by molar-refractivity contribution is 14.1. The zero-order valence-corrected chi connectivity index (χ0v) is 13.2. The number of amides is 1. The zero-order valence-electron chi connectivity index (χ0n) is 11.1. The van der Waals surface area contributed by atoms with Gasteiger partial charge in [-0.25, -0.2) is 5.43 Å². The molecule has 2 aromatic rings. The molecule has 0 bridgehead atoms. The van der Waals surface area contributed by atoms with E-state index >= 15 is 0 Å². The van der Waals surface area contributed by atoms with Gasteiger partial charge in [-0.15, -0.1) is 0 Å². The molecule has 0 aliphatic rings. The van der Waals surface area contributed by atoms with E-state index in [-0.39, 0.29) is 17.0 Å². The number of nitrogens with one attached hydrogen (secondary N) is 1. The second-order valence-electron chi connectivity index (χ2n) is 4.22. The van der Waals surface area contributed by atoms with Crippen LogP contribution in [0.1, 0.15) is 15.9 Å². The van der Waals surface area contributed by atoms with Gasteiger partial charge in [0, 0.05) is 17.7 Å². The third-order valence-corrected chi connectivity index (χ3v) is 3.53. The molecule has 0 saturated heterocycles. The van der Waals surface area contributed by atoms with E-state index in [0.29, 0.717) is 9.13 Å². The molecule has 2 rings (SSSR count). The number of hydrazone groups is 1. The molecular formula is C14H10IN3O4. The van der Waals surface area contributed by atoms with Crippen molar-refractivity contribution in [2.24, 2.45) is 5.10 Å². The molecule has 8 heteroatoms. The predicted octanol–water partition coefficient (Wildman–Crippen LogP) is 2.67. The summed E-state index contributed by atoms with van der Waals surface area (Å²) in [4.78, 5) is 21.9. The number of nitrogens with zero attached hydrogens (tertiary/aromatic N) is 2. The van der Waals surface area contributed by atoms with Gasteiger partial charge in [-0.05, 0) is 52.4 Å². The van der Waals surface area contributed by atoms with E-state index in [4.69, 9.17) is 0 Å². The van der Waals surface area contributed by atoms with Crippen LogP contribution in [0.4, 0.5) is 5.69 Å². The van der Waals surface area contributed by atoms with E-state index in [2.05, 4.69) is 10.5 Å². The summed E-state index contributed by atoms with van der Waals surface area (Å²) >= 11 is 1.97. The average molecular weight is 411 g/mol. The summed E-state index contributed by atoms with van der Waals surface area (Å²) in [5.74, 6) is -0.383. The van der Waals surface area contributed by atoms with Gasteiger partial charge in [-0.3, -0.25) is 14.9 Å². The van der Waals surface area contributed by atoms with Crippen LogP contribution in [0.25, 0.3) is 0 Å². The molecule has 0 unspecified atom stereocenters. The first-order valence-electron chi connectivity index (χ1n) is 6.04. The van der Waals surface area contributed by atoms with Crippen LogP contribution in [0, 0.1) is 13.7 Å². The Morgan fingerprint density at radius 3 is 2.77 bits per heavy atom. The molecule has 2 N–H and O–H groups in total. The molecule has 112 valence electrons. The summed E-state index contributed by atoms with van der Waals surface area (Å²) in [6, 6.07) is 10.2. The van der Waals surface area contributed by atoms with Gasteiger partial charge in [0.15, 0.2) is 0 Å². The number of aromatic hydroxyl groups is 1. The Bertz CT molecular complexity index is 762. The highest BCUT2D eigenvalue weighted by atomic mass is 127.